The highest BCUT2D eigenvalue weighted by molar-refractivity contribution is 5.85. The highest BCUT2D eigenvalue weighted by Gasteiger charge is 2.42. The monoisotopic (exact) mass is 287 g/mol. The molecule has 0 radical (unpaired) electrons. The quantitative estimate of drug-likeness (QED) is 0.911. The van der Waals surface area contributed by atoms with Gasteiger partial charge in [-0.1, -0.05) is 37.3 Å². The Balaban J connectivity index is 1.72. The lowest BCUT2D eigenvalue weighted by Gasteiger charge is -2.29. The number of rotatable bonds is 4. The maximum Gasteiger partial charge on any atom is 0.241 e. The maximum absolute atomic E-state index is 12.8. The normalized spacial score (nSPS) is 30.3. The molecular weight excluding hydrogens is 262 g/mol. The Hall–Kier alpha value is -1.39. The van der Waals surface area contributed by atoms with Crippen molar-refractivity contribution in [2.75, 3.05) is 20.1 Å². The van der Waals surface area contributed by atoms with Crippen LogP contribution in [0.15, 0.2) is 30.3 Å². The Labute approximate surface area is 127 Å². The molecule has 0 bridgehead atoms. The van der Waals surface area contributed by atoms with Crippen LogP contribution >= 0.6 is 0 Å². The Morgan fingerprint density at radius 3 is 2.67 bits per heavy atom. The topological polar surface area (TPSA) is 35.6 Å². The summed E-state index contributed by atoms with van der Waals surface area (Å²) in [5.74, 6) is 0.283. The van der Waals surface area contributed by atoms with Crippen LogP contribution in [0.5, 0.6) is 0 Å². The number of likely N-dealkylation sites (N-methyl/N-ethyl adjacent to an activating group) is 1. The summed E-state index contributed by atoms with van der Waals surface area (Å²) in [4.78, 5) is 17.3. The van der Waals surface area contributed by atoms with Crippen LogP contribution in [-0.2, 0) is 11.2 Å². The molecule has 0 spiro atoms. The fraction of sp³-hybridized carbons (Fsp3) is 0.588. The van der Waals surface area contributed by atoms with E-state index < -0.39 is 0 Å². The average Bonchev–Trinajstić information content (AvgIpc) is 3.04. The van der Waals surface area contributed by atoms with Crippen LogP contribution in [0, 0.1) is 0 Å². The summed E-state index contributed by atoms with van der Waals surface area (Å²) in [7, 11) is 2.14. The lowest BCUT2D eigenvalue weighted by Crippen LogP contribution is -2.45. The van der Waals surface area contributed by atoms with E-state index in [9.17, 15) is 4.79 Å². The van der Waals surface area contributed by atoms with Crippen LogP contribution in [-0.4, -0.2) is 54.1 Å². The number of amides is 1. The molecule has 0 aliphatic carbocycles. The van der Waals surface area contributed by atoms with Gasteiger partial charge in [-0.2, -0.15) is 0 Å². The maximum atomic E-state index is 12.8. The van der Waals surface area contributed by atoms with Crippen molar-refractivity contribution in [2.24, 2.45) is 0 Å². The van der Waals surface area contributed by atoms with Gasteiger partial charge >= 0.3 is 0 Å². The van der Waals surface area contributed by atoms with Gasteiger partial charge < -0.3 is 9.80 Å². The first-order valence-corrected chi connectivity index (χ1v) is 7.99. The van der Waals surface area contributed by atoms with Crippen LogP contribution in [0.25, 0.3) is 0 Å². The van der Waals surface area contributed by atoms with Gasteiger partial charge in [-0.25, -0.2) is 0 Å². The van der Waals surface area contributed by atoms with Gasteiger partial charge in [-0.15, -0.1) is 0 Å². The molecule has 2 aliphatic heterocycles. The first-order valence-electron chi connectivity index (χ1n) is 7.99. The van der Waals surface area contributed by atoms with Gasteiger partial charge in [-0.05, 0) is 38.4 Å². The molecule has 1 aromatic rings. The highest BCUT2D eigenvalue weighted by Crippen LogP contribution is 2.24. The van der Waals surface area contributed by atoms with E-state index in [0.717, 1.165) is 32.4 Å². The summed E-state index contributed by atoms with van der Waals surface area (Å²) in [6.07, 6.45) is 3.05. The van der Waals surface area contributed by atoms with Crippen LogP contribution < -0.4 is 5.32 Å². The number of hydrogen-bond donors (Lipinski definition) is 1. The van der Waals surface area contributed by atoms with E-state index in [-0.39, 0.29) is 18.1 Å². The smallest absolute Gasteiger partial charge is 0.241 e. The van der Waals surface area contributed by atoms with E-state index in [4.69, 9.17) is 0 Å². The molecule has 2 heterocycles. The number of nitrogens with one attached hydrogen (secondary N) is 1. The summed E-state index contributed by atoms with van der Waals surface area (Å²) in [5.41, 5.74) is 1.23. The minimum atomic E-state index is -0.0664. The first-order chi connectivity index (χ1) is 10.2. The Bertz CT molecular complexity index is 490. The molecule has 3 rings (SSSR count). The molecule has 4 heteroatoms. The molecule has 1 amide bonds. The Kier molecular flexibility index (Phi) is 4.27. The minimum Gasteiger partial charge on any atom is -0.321 e. The second-order valence-corrected chi connectivity index (χ2v) is 6.28. The molecule has 114 valence electrons. The lowest BCUT2D eigenvalue weighted by molar-refractivity contribution is -0.132. The molecule has 4 nitrogen and oxygen atoms in total. The van der Waals surface area contributed by atoms with Crippen LogP contribution in [0.1, 0.15) is 25.3 Å². The number of benzene rings is 1. The third-order valence-electron chi connectivity index (χ3n) is 4.71. The summed E-state index contributed by atoms with van der Waals surface area (Å²) in [6.45, 7) is 4.25. The van der Waals surface area contributed by atoms with Crippen LogP contribution in [0.2, 0.25) is 0 Å². The van der Waals surface area contributed by atoms with Crippen molar-refractivity contribution in [1.29, 1.82) is 0 Å². The summed E-state index contributed by atoms with van der Waals surface area (Å²) >= 11 is 0. The van der Waals surface area contributed by atoms with Crippen molar-refractivity contribution >= 4 is 5.91 Å². The van der Waals surface area contributed by atoms with Gasteiger partial charge in [0.1, 0.15) is 0 Å². The molecule has 2 aliphatic rings. The lowest BCUT2D eigenvalue weighted by atomic mass is 10.1. The SMILES string of the molecule is CCC1NC(Cc2ccccc2)C(=O)N1C1CCN(C)C1. The largest absolute Gasteiger partial charge is 0.321 e. The molecule has 2 fully saturated rings. The van der Waals surface area contributed by atoms with Crippen molar-refractivity contribution < 1.29 is 4.79 Å². The van der Waals surface area contributed by atoms with Gasteiger partial charge in [0.2, 0.25) is 5.91 Å². The molecule has 21 heavy (non-hydrogen) atoms. The highest BCUT2D eigenvalue weighted by atomic mass is 16.2. The third-order valence-corrected chi connectivity index (χ3v) is 4.71. The first kappa shape index (κ1) is 14.5. The molecule has 2 saturated heterocycles. The predicted molar refractivity (Wildman–Crippen MR) is 83.9 cm³/mol. The summed E-state index contributed by atoms with van der Waals surface area (Å²) in [6, 6.07) is 10.6. The molecule has 1 N–H and O–H groups in total. The summed E-state index contributed by atoms with van der Waals surface area (Å²) in [5, 5.41) is 3.54. The van der Waals surface area contributed by atoms with E-state index in [2.05, 4.69) is 41.2 Å². The van der Waals surface area contributed by atoms with E-state index >= 15 is 0 Å². The minimum absolute atomic E-state index is 0.0664. The van der Waals surface area contributed by atoms with Gasteiger partial charge in [0.15, 0.2) is 0 Å². The fourth-order valence-corrected chi connectivity index (χ4v) is 3.60. The van der Waals surface area contributed by atoms with Crippen molar-refractivity contribution in [3.05, 3.63) is 35.9 Å². The van der Waals surface area contributed by atoms with Crippen molar-refractivity contribution in [2.45, 2.75) is 44.4 Å². The standard InChI is InChI=1S/C17H25N3O/c1-3-16-18-15(11-13-7-5-4-6-8-13)17(21)20(16)14-9-10-19(2)12-14/h4-8,14-16,18H,3,9-12H2,1-2H3. The predicted octanol–water partition coefficient (Wildman–Crippen LogP) is 1.47. The van der Waals surface area contributed by atoms with Crippen molar-refractivity contribution in [3.63, 3.8) is 0 Å². The number of likely N-dealkylation sites (tertiary alicyclic amines) is 1. The average molecular weight is 287 g/mol. The number of carbonyl (C=O) groups is 1. The zero-order valence-electron chi connectivity index (χ0n) is 13.0. The Morgan fingerprint density at radius 2 is 2.05 bits per heavy atom. The van der Waals surface area contributed by atoms with Gasteiger partial charge in [-0.3, -0.25) is 10.1 Å². The fourth-order valence-electron chi connectivity index (χ4n) is 3.60. The zero-order chi connectivity index (χ0) is 14.8. The molecule has 3 unspecified atom stereocenters. The second-order valence-electron chi connectivity index (χ2n) is 6.28. The molecular formula is C17H25N3O. The van der Waals surface area contributed by atoms with E-state index in [1.807, 2.05) is 18.2 Å². The number of nitrogens with zero attached hydrogens (tertiary/aromatic N) is 2. The van der Waals surface area contributed by atoms with Crippen LogP contribution in [0.4, 0.5) is 0 Å². The summed E-state index contributed by atoms with van der Waals surface area (Å²) < 4.78 is 0. The molecule has 3 atom stereocenters. The molecule has 1 aromatic carbocycles. The number of carbonyl (C=O) groups excluding carboxylic acids is 1. The van der Waals surface area contributed by atoms with Crippen LogP contribution in [0.3, 0.4) is 0 Å². The Morgan fingerprint density at radius 1 is 1.29 bits per heavy atom. The van der Waals surface area contributed by atoms with E-state index in [1.54, 1.807) is 0 Å². The van der Waals surface area contributed by atoms with Gasteiger partial charge in [0, 0.05) is 12.6 Å². The van der Waals surface area contributed by atoms with Gasteiger partial charge in [0.25, 0.3) is 0 Å². The zero-order valence-corrected chi connectivity index (χ0v) is 13.0. The third kappa shape index (κ3) is 2.97. The second kappa shape index (κ2) is 6.16. The van der Waals surface area contributed by atoms with E-state index in [0.29, 0.717) is 6.04 Å². The molecule has 0 saturated carbocycles. The van der Waals surface area contributed by atoms with Gasteiger partial charge in [0.05, 0.1) is 12.2 Å². The number of hydrogen-bond acceptors (Lipinski definition) is 3. The van der Waals surface area contributed by atoms with E-state index in [1.165, 1.54) is 5.56 Å². The van der Waals surface area contributed by atoms with Crippen molar-refractivity contribution in [3.8, 4) is 0 Å². The molecule has 0 aromatic heterocycles. The van der Waals surface area contributed by atoms with Crippen molar-refractivity contribution in [1.82, 2.24) is 15.1 Å².